The van der Waals surface area contributed by atoms with Gasteiger partial charge in [0.1, 0.15) is 0 Å². The van der Waals surface area contributed by atoms with Crippen molar-refractivity contribution in [2.24, 2.45) is 0 Å². The number of nitro groups is 1. The van der Waals surface area contributed by atoms with Crippen LogP contribution >= 0.6 is 0 Å². The number of hydrogen-bond donors (Lipinski definition) is 2. The van der Waals surface area contributed by atoms with Crippen molar-refractivity contribution in [1.82, 2.24) is 10.2 Å². The third-order valence-corrected chi connectivity index (χ3v) is 2.87. The molecule has 8 nitrogen and oxygen atoms in total. The number of benzene rings is 1. The molecule has 1 aromatic rings. The highest BCUT2D eigenvalue weighted by molar-refractivity contribution is 5.93. The van der Waals surface area contributed by atoms with E-state index in [1.54, 1.807) is 6.07 Å². The Kier molecular flexibility index (Phi) is 3.38. The Labute approximate surface area is 113 Å². The van der Waals surface area contributed by atoms with Gasteiger partial charge in [0, 0.05) is 17.8 Å². The van der Waals surface area contributed by atoms with E-state index in [0.717, 1.165) is 0 Å². The quantitative estimate of drug-likeness (QED) is 0.635. The normalized spacial score (nSPS) is 18.2. The average molecular weight is 277 g/mol. The van der Waals surface area contributed by atoms with Gasteiger partial charge in [-0.25, -0.2) is 14.5 Å². The molecule has 0 saturated heterocycles. The van der Waals surface area contributed by atoms with Gasteiger partial charge in [-0.05, 0) is 18.6 Å². The Morgan fingerprint density at radius 1 is 1.50 bits per heavy atom. The summed E-state index contributed by atoms with van der Waals surface area (Å²) in [5.41, 5.74) is 0.665. The summed E-state index contributed by atoms with van der Waals surface area (Å²) in [6, 6.07) is 4.43. The smallest absolute Gasteiger partial charge is 0.419 e. The van der Waals surface area contributed by atoms with Gasteiger partial charge in [-0.15, -0.1) is 0 Å². The summed E-state index contributed by atoms with van der Waals surface area (Å²) in [4.78, 5) is 33.4. The van der Waals surface area contributed by atoms with E-state index < -0.39 is 23.1 Å². The average Bonchev–Trinajstić information content (AvgIpc) is 2.37. The van der Waals surface area contributed by atoms with E-state index in [9.17, 15) is 19.7 Å². The second-order valence-electron chi connectivity index (χ2n) is 4.21. The molecule has 20 heavy (non-hydrogen) atoms. The molecule has 2 rings (SSSR count). The van der Waals surface area contributed by atoms with Gasteiger partial charge >= 0.3 is 12.1 Å². The van der Waals surface area contributed by atoms with E-state index in [1.165, 1.54) is 31.2 Å². The van der Waals surface area contributed by atoms with Gasteiger partial charge in [0.2, 0.25) is 0 Å². The first-order valence-corrected chi connectivity index (χ1v) is 5.66. The zero-order valence-corrected chi connectivity index (χ0v) is 10.4. The van der Waals surface area contributed by atoms with Crippen LogP contribution < -0.4 is 5.32 Å². The number of non-ortho nitro benzene ring substituents is 1. The monoisotopic (exact) mass is 277 g/mol. The van der Waals surface area contributed by atoms with Crippen molar-refractivity contribution in [1.29, 1.82) is 0 Å². The SMILES string of the molecule is CC1=CC(c2cccc([N+](=O)[O-])c2)NC(=O)N1C(=O)O. The van der Waals surface area contributed by atoms with Crippen LogP contribution in [0.5, 0.6) is 0 Å². The molecule has 0 saturated carbocycles. The largest absolute Gasteiger partial charge is 0.464 e. The minimum atomic E-state index is -1.38. The molecule has 0 aliphatic carbocycles. The van der Waals surface area contributed by atoms with Crippen LogP contribution in [-0.4, -0.2) is 27.1 Å². The lowest BCUT2D eigenvalue weighted by Crippen LogP contribution is -2.46. The highest BCUT2D eigenvalue weighted by atomic mass is 16.6. The van der Waals surface area contributed by atoms with E-state index in [0.29, 0.717) is 10.5 Å². The third-order valence-electron chi connectivity index (χ3n) is 2.87. The first kappa shape index (κ1) is 13.5. The lowest BCUT2D eigenvalue weighted by Gasteiger charge is -2.28. The molecule has 0 bridgehead atoms. The van der Waals surface area contributed by atoms with Gasteiger partial charge < -0.3 is 10.4 Å². The Bertz CT molecular complexity index is 625. The number of nitrogens with one attached hydrogen (secondary N) is 1. The number of hydrogen-bond acceptors (Lipinski definition) is 4. The summed E-state index contributed by atoms with van der Waals surface area (Å²) in [7, 11) is 0. The minimum absolute atomic E-state index is 0.0940. The van der Waals surface area contributed by atoms with Crippen molar-refractivity contribution in [3.8, 4) is 0 Å². The molecule has 1 heterocycles. The zero-order chi connectivity index (χ0) is 14.9. The van der Waals surface area contributed by atoms with E-state index in [2.05, 4.69) is 5.32 Å². The predicted molar refractivity (Wildman–Crippen MR) is 68.0 cm³/mol. The Morgan fingerprint density at radius 2 is 2.20 bits per heavy atom. The van der Waals surface area contributed by atoms with Crippen molar-refractivity contribution in [3.05, 3.63) is 51.7 Å². The third kappa shape index (κ3) is 2.44. The van der Waals surface area contributed by atoms with E-state index in [4.69, 9.17) is 5.11 Å². The zero-order valence-electron chi connectivity index (χ0n) is 10.4. The topological polar surface area (TPSA) is 113 Å². The van der Waals surface area contributed by atoms with Gasteiger partial charge in [0.25, 0.3) is 5.69 Å². The number of amides is 3. The number of urea groups is 1. The summed E-state index contributed by atoms with van der Waals surface area (Å²) in [5, 5.41) is 22.1. The number of carbonyl (C=O) groups is 2. The first-order chi connectivity index (χ1) is 9.40. The summed E-state index contributed by atoms with van der Waals surface area (Å²) < 4.78 is 0. The fourth-order valence-electron chi connectivity index (χ4n) is 1.96. The lowest BCUT2D eigenvalue weighted by molar-refractivity contribution is -0.384. The van der Waals surface area contributed by atoms with Crippen LogP contribution in [0.1, 0.15) is 18.5 Å². The van der Waals surface area contributed by atoms with Crippen molar-refractivity contribution >= 4 is 17.8 Å². The maximum absolute atomic E-state index is 11.7. The van der Waals surface area contributed by atoms with Crippen LogP contribution in [0.3, 0.4) is 0 Å². The molecule has 1 aliphatic rings. The molecule has 1 aliphatic heterocycles. The van der Waals surface area contributed by atoms with Gasteiger partial charge in [-0.2, -0.15) is 0 Å². The molecule has 104 valence electrons. The second-order valence-corrected chi connectivity index (χ2v) is 4.21. The van der Waals surface area contributed by atoms with Crippen LogP contribution in [0.15, 0.2) is 36.0 Å². The van der Waals surface area contributed by atoms with Gasteiger partial charge in [0.05, 0.1) is 11.0 Å². The molecule has 2 N–H and O–H groups in total. The summed E-state index contributed by atoms with van der Waals surface area (Å²) in [5.74, 6) is 0. The number of carboxylic acid groups (broad SMARTS) is 1. The second kappa shape index (κ2) is 5.00. The Balaban J connectivity index is 2.36. The maximum Gasteiger partial charge on any atom is 0.419 e. The maximum atomic E-state index is 11.7. The lowest BCUT2D eigenvalue weighted by atomic mass is 10.0. The van der Waals surface area contributed by atoms with Crippen molar-refractivity contribution < 1.29 is 19.6 Å². The van der Waals surface area contributed by atoms with Crippen LogP contribution in [0.4, 0.5) is 15.3 Å². The van der Waals surface area contributed by atoms with Crippen LogP contribution in [0, 0.1) is 10.1 Å². The molecular weight excluding hydrogens is 266 g/mol. The van der Waals surface area contributed by atoms with Gasteiger partial charge in [0.15, 0.2) is 0 Å². The Hall–Kier alpha value is -2.90. The number of nitrogens with zero attached hydrogens (tertiary/aromatic N) is 2. The molecule has 8 heteroatoms. The molecule has 3 amide bonds. The van der Waals surface area contributed by atoms with Crippen molar-refractivity contribution in [2.75, 3.05) is 0 Å². The molecule has 1 unspecified atom stereocenters. The highest BCUT2D eigenvalue weighted by Crippen LogP contribution is 2.25. The van der Waals surface area contributed by atoms with Crippen LogP contribution in [-0.2, 0) is 0 Å². The van der Waals surface area contributed by atoms with Crippen molar-refractivity contribution in [2.45, 2.75) is 13.0 Å². The fourth-order valence-corrected chi connectivity index (χ4v) is 1.96. The number of allylic oxidation sites excluding steroid dienone is 1. The molecular formula is C12H11N3O5. The van der Waals surface area contributed by atoms with Crippen LogP contribution in [0.2, 0.25) is 0 Å². The standard InChI is InChI=1S/C12H11N3O5/c1-7-5-10(13-11(16)14(7)12(17)18)8-3-2-4-9(6-8)15(19)20/h2-6,10H,1H3,(H,13,16)(H,17,18). The summed E-state index contributed by atoms with van der Waals surface area (Å²) >= 11 is 0. The molecule has 1 atom stereocenters. The summed E-state index contributed by atoms with van der Waals surface area (Å²) in [6.45, 7) is 1.48. The summed E-state index contributed by atoms with van der Waals surface area (Å²) in [6.07, 6.45) is 0.142. The fraction of sp³-hybridized carbons (Fsp3) is 0.167. The van der Waals surface area contributed by atoms with E-state index in [1.807, 2.05) is 0 Å². The number of imide groups is 1. The van der Waals surface area contributed by atoms with Gasteiger partial charge in [-0.1, -0.05) is 12.1 Å². The molecule has 0 spiro atoms. The molecule has 0 aromatic heterocycles. The number of carbonyl (C=O) groups excluding carboxylic acids is 1. The molecule has 1 aromatic carbocycles. The van der Waals surface area contributed by atoms with E-state index >= 15 is 0 Å². The number of rotatable bonds is 2. The van der Waals surface area contributed by atoms with Gasteiger partial charge in [-0.3, -0.25) is 10.1 Å². The van der Waals surface area contributed by atoms with Crippen molar-refractivity contribution in [3.63, 3.8) is 0 Å². The molecule has 0 radical (unpaired) electrons. The molecule has 0 fully saturated rings. The minimum Gasteiger partial charge on any atom is -0.464 e. The number of nitro benzene ring substituents is 1. The Morgan fingerprint density at radius 3 is 2.75 bits per heavy atom. The van der Waals surface area contributed by atoms with E-state index in [-0.39, 0.29) is 11.4 Å². The highest BCUT2D eigenvalue weighted by Gasteiger charge is 2.30. The first-order valence-electron chi connectivity index (χ1n) is 5.66. The van der Waals surface area contributed by atoms with Crippen LogP contribution in [0.25, 0.3) is 0 Å². The predicted octanol–water partition coefficient (Wildman–Crippen LogP) is 2.24.